The Bertz CT molecular complexity index is 517. The molecule has 2 unspecified atom stereocenters. The largest absolute Gasteiger partial charge is 0.340 e. The second-order valence-corrected chi connectivity index (χ2v) is 6.74. The van der Waals surface area contributed by atoms with Crippen LogP contribution >= 0.6 is 11.3 Å². The Kier molecular flexibility index (Phi) is 4.26. The van der Waals surface area contributed by atoms with Crippen molar-refractivity contribution in [2.75, 3.05) is 26.2 Å². The molecule has 1 N–H and O–H groups in total. The van der Waals surface area contributed by atoms with Crippen molar-refractivity contribution in [3.05, 3.63) is 22.4 Å². The number of fused-ring (bicyclic) bond motifs is 1. The molecule has 6 heteroatoms. The lowest BCUT2D eigenvalue weighted by Gasteiger charge is -2.38. The van der Waals surface area contributed by atoms with E-state index >= 15 is 0 Å². The molecule has 2 atom stereocenters. The van der Waals surface area contributed by atoms with Crippen molar-refractivity contribution < 1.29 is 9.59 Å². The first kappa shape index (κ1) is 14.5. The van der Waals surface area contributed by atoms with Gasteiger partial charge in [-0.1, -0.05) is 6.07 Å². The summed E-state index contributed by atoms with van der Waals surface area (Å²) in [6, 6.07) is 3.66. The highest BCUT2D eigenvalue weighted by Crippen LogP contribution is 2.21. The van der Waals surface area contributed by atoms with Gasteiger partial charge in [0.15, 0.2) is 0 Å². The van der Waals surface area contributed by atoms with Gasteiger partial charge in [0, 0.05) is 25.7 Å². The molecule has 0 radical (unpaired) electrons. The van der Waals surface area contributed by atoms with E-state index < -0.39 is 6.04 Å². The lowest BCUT2D eigenvalue weighted by Crippen LogP contribution is -2.56. The zero-order valence-electron chi connectivity index (χ0n) is 12.2. The van der Waals surface area contributed by atoms with Gasteiger partial charge in [0.25, 0.3) is 5.91 Å². The minimum Gasteiger partial charge on any atom is -0.340 e. The number of piperazine rings is 1. The van der Waals surface area contributed by atoms with Crippen molar-refractivity contribution in [3.63, 3.8) is 0 Å². The van der Waals surface area contributed by atoms with Gasteiger partial charge in [0.05, 0.1) is 4.88 Å². The molecule has 114 valence electrons. The van der Waals surface area contributed by atoms with Crippen LogP contribution < -0.4 is 5.32 Å². The van der Waals surface area contributed by atoms with Crippen LogP contribution in [-0.2, 0) is 4.79 Å². The number of carbonyl (C=O) groups excluding carboxylic acids is 2. The van der Waals surface area contributed by atoms with Gasteiger partial charge < -0.3 is 10.2 Å². The summed E-state index contributed by atoms with van der Waals surface area (Å²) in [5.74, 6) is -0.128. The Morgan fingerprint density at radius 1 is 1.38 bits per heavy atom. The monoisotopic (exact) mass is 307 g/mol. The molecule has 21 heavy (non-hydrogen) atoms. The number of hydrogen-bond acceptors (Lipinski definition) is 4. The molecule has 0 saturated carbocycles. The SMILES string of the molecule is CC(NC(=O)c1cccs1)C(=O)N1CCN2CCCC2C1. The molecule has 3 heterocycles. The molecule has 2 fully saturated rings. The van der Waals surface area contributed by atoms with Crippen LogP contribution in [-0.4, -0.2) is 59.9 Å². The van der Waals surface area contributed by atoms with Crippen molar-refractivity contribution in [1.82, 2.24) is 15.1 Å². The van der Waals surface area contributed by atoms with Crippen LogP contribution in [0.25, 0.3) is 0 Å². The molecule has 0 spiro atoms. The van der Waals surface area contributed by atoms with E-state index in [0.717, 1.165) is 26.2 Å². The third-order valence-electron chi connectivity index (χ3n) is 4.36. The maximum atomic E-state index is 12.5. The molecule has 1 aromatic heterocycles. The fraction of sp³-hybridized carbons (Fsp3) is 0.600. The van der Waals surface area contributed by atoms with Gasteiger partial charge in [0.1, 0.15) is 6.04 Å². The molecule has 2 aliphatic heterocycles. The lowest BCUT2D eigenvalue weighted by molar-refractivity contribution is -0.135. The van der Waals surface area contributed by atoms with E-state index in [4.69, 9.17) is 0 Å². The number of hydrogen-bond donors (Lipinski definition) is 1. The van der Waals surface area contributed by atoms with Crippen LogP contribution in [0.2, 0.25) is 0 Å². The van der Waals surface area contributed by atoms with Crippen LogP contribution in [0.1, 0.15) is 29.4 Å². The first-order valence-electron chi connectivity index (χ1n) is 7.52. The maximum absolute atomic E-state index is 12.5. The van der Waals surface area contributed by atoms with Gasteiger partial charge >= 0.3 is 0 Å². The Labute approximate surface area is 128 Å². The molecular weight excluding hydrogens is 286 g/mol. The maximum Gasteiger partial charge on any atom is 0.261 e. The number of nitrogens with zero attached hydrogens (tertiary/aromatic N) is 2. The number of nitrogens with one attached hydrogen (secondary N) is 1. The molecule has 2 amide bonds. The summed E-state index contributed by atoms with van der Waals surface area (Å²) in [6.45, 7) is 5.47. The predicted octanol–water partition coefficient (Wildman–Crippen LogP) is 1.17. The minimum atomic E-state index is -0.465. The van der Waals surface area contributed by atoms with E-state index in [2.05, 4.69) is 10.2 Å². The second kappa shape index (κ2) is 6.15. The Balaban J connectivity index is 1.56. The van der Waals surface area contributed by atoms with E-state index in [-0.39, 0.29) is 11.8 Å². The molecule has 3 rings (SSSR count). The lowest BCUT2D eigenvalue weighted by atomic mass is 10.1. The van der Waals surface area contributed by atoms with Crippen LogP contribution in [0.5, 0.6) is 0 Å². The second-order valence-electron chi connectivity index (χ2n) is 5.79. The average molecular weight is 307 g/mol. The standard InChI is InChI=1S/C15H21N3O2S/c1-11(16-14(19)13-5-3-9-21-13)15(20)18-8-7-17-6-2-4-12(17)10-18/h3,5,9,11-12H,2,4,6-8,10H2,1H3,(H,16,19). The Morgan fingerprint density at radius 3 is 3.00 bits per heavy atom. The highest BCUT2D eigenvalue weighted by atomic mass is 32.1. The predicted molar refractivity (Wildman–Crippen MR) is 82.4 cm³/mol. The normalized spacial score (nSPS) is 23.7. The number of thiophene rings is 1. The van der Waals surface area contributed by atoms with Crippen molar-refractivity contribution in [2.45, 2.75) is 31.8 Å². The van der Waals surface area contributed by atoms with Crippen molar-refractivity contribution in [3.8, 4) is 0 Å². The summed E-state index contributed by atoms with van der Waals surface area (Å²) < 4.78 is 0. The summed E-state index contributed by atoms with van der Waals surface area (Å²) in [4.78, 5) is 29.5. The van der Waals surface area contributed by atoms with Crippen LogP contribution in [0.4, 0.5) is 0 Å². The van der Waals surface area contributed by atoms with Crippen molar-refractivity contribution >= 4 is 23.2 Å². The van der Waals surface area contributed by atoms with Gasteiger partial charge in [-0.3, -0.25) is 14.5 Å². The summed E-state index contributed by atoms with van der Waals surface area (Å²) in [5.41, 5.74) is 0. The Hall–Kier alpha value is -1.40. The molecule has 1 aromatic rings. The zero-order chi connectivity index (χ0) is 14.8. The van der Waals surface area contributed by atoms with E-state index in [0.29, 0.717) is 10.9 Å². The smallest absolute Gasteiger partial charge is 0.261 e. The summed E-state index contributed by atoms with van der Waals surface area (Å²) >= 11 is 1.39. The third-order valence-corrected chi connectivity index (χ3v) is 5.23. The van der Waals surface area contributed by atoms with Crippen molar-refractivity contribution in [1.29, 1.82) is 0 Å². The molecule has 0 aliphatic carbocycles. The zero-order valence-corrected chi connectivity index (χ0v) is 13.1. The van der Waals surface area contributed by atoms with E-state index in [1.54, 1.807) is 13.0 Å². The van der Waals surface area contributed by atoms with Gasteiger partial charge in [-0.15, -0.1) is 11.3 Å². The summed E-state index contributed by atoms with van der Waals surface area (Å²) in [6.07, 6.45) is 2.41. The first-order valence-corrected chi connectivity index (χ1v) is 8.40. The van der Waals surface area contributed by atoms with Gasteiger partial charge in [-0.05, 0) is 37.8 Å². The summed E-state index contributed by atoms with van der Waals surface area (Å²) in [5, 5.41) is 4.67. The summed E-state index contributed by atoms with van der Waals surface area (Å²) in [7, 11) is 0. The number of rotatable bonds is 3. The van der Waals surface area contributed by atoms with E-state index in [1.165, 1.54) is 24.2 Å². The minimum absolute atomic E-state index is 0.0338. The number of amides is 2. The number of carbonyl (C=O) groups is 2. The van der Waals surface area contributed by atoms with E-state index in [1.807, 2.05) is 16.3 Å². The highest BCUT2D eigenvalue weighted by molar-refractivity contribution is 7.12. The topological polar surface area (TPSA) is 52.7 Å². The molecule has 0 aromatic carbocycles. The van der Waals surface area contributed by atoms with E-state index in [9.17, 15) is 9.59 Å². The van der Waals surface area contributed by atoms with Crippen LogP contribution in [0.15, 0.2) is 17.5 Å². The average Bonchev–Trinajstić information content (AvgIpc) is 3.16. The molecule has 2 saturated heterocycles. The van der Waals surface area contributed by atoms with Gasteiger partial charge in [-0.2, -0.15) is 0 Å². The molecule has 2 aliphatic rings. The Morgan fingerprint density at radius 2 is 2.24 bits per heavy atom. The first-order chi connectivity index (χ1) is 10.1. The molecule has 0 bridgehead atoms. The van der Waals surface area contributed by atoms with Gasteiger partial charge in [-0.25, -0.2) is 0 Å². The van der Waals surface area contributed by atoms with Gasteiger partial charge in [0.2, 0.25) is 5.91 Å². The third kappa shape index (κ3) is 3.11. The van der Waals surface area contributed by atoms with Crippen LogP contribution in [0, 0.1) is 0 Å². The van der Waals surface area contributed by atoms with Crippen molar-refractivity contribution in [2.24, 2.45) is 0 Å². The molecule has 5 nitrogen and oxygen atoms in total. The highest BCUT2D eigenvalue weighted by Gasteiger charge is 2.34. The molecular formula is C15H21N3O2S. The van der Waals surface area contributed by atoms with Crippen LogP contribution in [0.3, 0.4) is 0 Å². The fourth-order valence-electron chi connectivity index (χ4n) is 3.20. The quantitative estimate of drug-likeness (QED) is 0.912. The fourth-order valence-corrected chi connectivity index (χ4v) is 3.83.